The summed E-state index contributed by atoms with van der Waals surface area (Å²) in [7, 11) is -3.95. The monoisotopic (exact) mass is 277 g/mol. The van der Waals surface area contributed by atoms with E-state index in [-0.39, 0.29) is 13.2 Å². The van der Waals surface area contributed by atoms with Crippen molar-refractivity contribution in [2.75, 3.05) is 13.2 Å². The SMILES string of the molecule is O=S(=O)(c1cc(F)cc(F)c1)N1CCC[C@@H]1CO. The van der Waals surface area contributed by atoms with Gasteiger partial charge in [-0.1, -0.05) is 0 Å². The van der Waals surface area contributed by atoms with Crippen LogP contribution in [0.15, 0.2) is 23.1 Å². The number of hydrogen-bond donors (Lipinski definition) is 1. The molecule has 0 unspecified atom stereocenters. The number of aliphatic hydroxyl groups excluding tert-OH is 1. The van der Waals surface area contributed by atoms with Crippen molar-refractivity contribution < 1.29 is 22.3 Å². The van der Waals surface area contributed by atoms with Crippen LogP contribution >= 0.6 is 0 Å². The molecule has 1 heterocycles. The van der Waals surface area contributed by atoms with Gasteiger partial charge in [0.15, 0.2) is 0 Å². The first-order valence-electron chi connectivity index (χ1n) is 5.54. The third kappa shape index (κ3) is 2.38. The van der Waals surface area contributed by atoms with Gasteiger partial charge in [-0.15, -0.1) is 0 Å². The molecule has 0 radical (unpaired) electrons. The second kappa shape index (κ2) is 4.91. The molecule has 2 rings (SSSR count). The standard InChI is InChI=1S/C11H13F2NO3S/c12-8-4-9(13)6-11(5-8)18(16,17)14-3-1-2-10(14)7-15/h4-6,10,15H,1-3,7H2/t10-/m1/s1. The molecule has 1 aliphatic heterocycles. The Balaban J connectivity index is 2.41. The second-order valence-corrected chi connectivity index (χ2v) is 6.09. The lowest BCUT2D eigenvalue weighted by Gasteiger charge is -2.22. The van der Waals surface area contributed by atoms with E-state index < -0.39 is 32.6 Å². The van der Waals surface area contributed by atoms with Gasteiger partial charge in [0.1, 0.15) is 11.6 Å². The molecule has 1 atom stereocenters. The summed E-state index contributed by atoms with van der Waals surface area (Å²) in [5.74, 6) is -1.87. The molecule has 7 heteroatoms. The van der Waals surface area contributed by atoms with Crippen molar-refractivity contribution in [1.82, 2.24) is 4.31 Å². The van der Waals surface area contributed by atoms with E-state index in [1.54, 1.807) is 0 Å². The number of sulfonamides is 1. The summed E-state index contributed by atoms with van der Waals surface area (Å²) >= 11 is 0. The van der Waals surface area contributed by atoms with Gasteiger partial charge in [0, 0.05) is 18.7 Å². The third-order valence-corrected chi connectivity index (χ3v) is 4.91. The number of rotatable bonds is 3. The Kier molecular flexibility index (Phi) is 3.65. The predicted octanol–water partition coefficient (Wildman–Crippen LogP) is 1.11. The van der Waals surface area contributed by atoms with Gasteiger partial charge in [0.2, 0.25) is 10.0 Å². The van der Waals surface area contributed by atoms with E-state index in [1.165, 1.54) is 0 Å². The van der Waals surface area contributed by atoms with Crippen LogP contribution in [-0.2, 0) is 10.0 Å². The van der Waals surface area contributed by atoms with E-state index in [9.17, 15) is 17.2 Å². The van der Waals surface area contributed by atoms with Crippen LogP contribution in [0.4, 0.5) is 8.78 Å². The lowest BCUT2D eigenvalue weighted by Crippen LogP contribution is -2.37. The molecule has 0 aromatic heterocycles. The van der Waals surface area contributed by atoms with Gasteiger partial charge in [-0.3, -0.25) is 0 Å². The van der Waals surface area contributed by atoms with E-state index in [0.29, 0.717) is 18.9 Å². The first-order valence-corrected chi connectivity index (χ1v) is 6.98. The molecule has 0 amide bonds. The van der Waals surface area contributed by atoms with Crippen LogP contribution in [0.3, 0.4) is 0 Å². The highest BCUT2D eigenvalue weighted by molar-refractivity contribution is 7.89. The maximum absolute atomic E-state index is 13.1. The highest BCUT2D eigenvalue weighted by Gasteiger charge is 2.35. The van der Waals surface area contributed by atoms with Crippen LogP contribution in [0.25, 0.3) is 0 Å². The third-order valence-electron chi connectivity index (χ3n) is 2.98. The number of halogens is 2. The van der Waals surface area contributed by atoms with E-state index >= 15 is 0 Å². The van der Waals surface area contributed by atoms with Crippen LogP contribution in [0.2, 0.25) is 0 Å². The van der Waals surface area contributed by atoms with Gasteiger partial charge in [0.25, 0.3) is 0 Å². The van der Waals surface area contributed by atoms with Crippen LogP contribution in [-0.4, -0.2) is 37.0 Å². The van der Waals surface area contributed by atoms with Crippen molar-refractivity contribution in [2.24, 2.45) is 0 Å². The Labute approximate surface area is 104 Å². The van der Waals surface area contributed by atoms with Crippen LogP contribution in [0.5, 0.6) is 0 Å². The smallest absolute Gasteiger partial charge is 0.243 e. The second-order valence-electron chi connectivity index (χ2n) is 4.20. The normalized spacial score (nSPS) is 21.4. The van der Waals surface area contributed by atoms with Gasteiger partial charge in [-0.25, -0.2) is 17.2 Å². The van der Waals surface area contributed by atoms with Gasteiger partial charge in [0.05, 0.1) is 11.5 Å². The molecule has 1 aromatic rings. The number of hydrogen-bond acceptors (Lipinski definition) is 3. The molecule has 1 aromatic carbocycles. The van der Waals surface area contributed by atoms with Gasteiger partial charge >= 0.3 is 0 Å². The van der Waals surface area contributed by atoms with Crippen molar-refractivity contribution in [2.45, 2.75) is 23.8 Å². The molecule has 1 N–H and O–H groups in total. The lowest BCUT2D eigenvalue weighted by atomic mass is 10.2. The maximum Gasteiger partial charge on any atom is 0.243 e. The van der Waals surface area contributed by atoms with Gasteiger partial charge in [-0.2, -0.15) is 4.31 Å². The molecule has 100 valence electrons. The van der Waals surface area contributed by atoms with E-state index in [2.05, 4.69) is 0 Å². The lowest BCUT2D eigenvalue weighted by molar-refractivity contribution is 0.213. The van der Waals surface area contributed by atoms with Gasteiger partial charge < -0.3 is 5.11 Å². The van der Waals surface area contributed by atoms with Crippen molar-refractivity contribution in [3.8, 4) is 0 Å². The highest BCUT2D eigenvalue weighted by atomic mass is 32.2. The van der Waals surface area contributed by atoms with E-state index in [4.69, 9.17) is 5.11 Å². The van der Waals surface area contributed by atoms with Gasteiger partial charge in [-0.05, 0) is 25.0 Å². The van der Waals surface area contributed by atoms with Crippen molar-refractivity contribution in [1.29, 1.82) is 0 Å². The number of benzene rings is 1. The molecule has 0 bridgehead atoms. The average Bonchev–Trinajstić information content (AvgIpc) is 2.76. The van der Waals surface area contributed by atoms with Crippen molar-refractivity contribution in [3.05, 3.63) is 29.8 Å². The fraction of sp³-hybridized carbons (Fsp3) is 0.455. The summed E-state index contributed by atoms with van der Waals surface area (Å²) in [4.78, 5) is -0.416. The molecule has 1 aliphatic rings. The Morgan fingerprint density at radius 2 is 1.89 bits per heavy atom. The van der Waals surface area contributed by atoms with Crippen LogP contribution in [0, 0.1) is 11.6 Å². The largest absolute Gasteiger partial charge is 0.395 e. The summed E-state index contributed by atoms with van der Waals surface area (Å²) < 4.78 is 51.6. The molecule has 0 spiro atoms. The summed E-state index contributed by atoms with van der Waals surface area (Å²) in [5.41, 5.74) is 0. The summed E-state index contributed by atoms with van der Waals surface area (Å²) in [6, 6.07) is 1.67. The summed E-state index contributed by atoms with van der Waals surface area (Å²) in [5, 5.41) is 9.10. The number of aliphatic hydroxyl groups is 1. The zero-order valence-corrected chi connectivity index (χ0v) is 10.3. The molecule has 4 nitrogen and oxygen atoms in total. The topological polar surface area (TPSA) is 57.6 Å². The quantitative estimate of drug-likeness (QED) is 0.900. The Bertz CT molecular complexity index is 527. The van der Waals surface area contributed by atoms with Crippen molar-refractivity contribution in [3.63, 3.8) is 0 Å². The Morgan fingerprint density at radius 3 is 2.44 bits per heavy atom. The summed E-state index contributed by atoms with van der Waals surface area (Å²) in [6.07, 6.45) is 1.18. The fourth-order valence-corrected chi connectivity index (χ4v) is 3.85. The van der Waals surface area contributed by atoms with E-state index in [0.717, 1.165) is 16.4 Å². The first-order chi connectivity index (χ1) is 8.45. The zero-order chi connectivity index (χ0) is 13.3. The molecular formula is C11H13F2NO3S. The molecular weight excluding hydrogens is 264 g/mol. The Hall–Kier alpha value is -1.05. The molecule has 1 saturated heterocycles. The van der Waals surface area contributed by atoms with Crippen LogP contribution < -0.4 is 0 Å². The molecule has 0 aliphatic carbocycles. The minimum atomic E-state index is -3.95. The first kappa shape index (κ1) is 13.4. The summed E-state index contributed by atoms with van der Waals surface area (Å²) in [6.45, 7) is -0.0390. The van der Waals surface area contributed by atoms with Crippen LogP contribution in [0.1, 0.15) is 12.8 Å². The maximum atomic E-state index is 13.1. The van der Waals surface area contributed by atoms with Crippen molar-refractivity contribution >= 4 is 10.0 Å². The fourth-order valence-electron chi connectivity index (χ4n) is 2.12. The highest BCUT2D eigenvalue weighted by Crippen LogP contribution is 2.26. The minimum Gasteiger partial charge on any atom is -0.395 e. The minimum absolute atomic E-state index is 0.256. The van der Waals surface area contributed by atoms with E-state index in [1.807, 2.05) is 0 Å². The predicted molar refractivity (Wildman–Crippen MR) is 60.4 cm³/mol. The molecule has 18 heavy (non-hydrogen) atoms. The molecule has 0 saturated carbocycles. The zero-order valence-electron chi connectivity index (χ0n) is 9.51. The Morgan fingerprint density at radius 1 is 1.28 bits per heavy atom. The number of nitrogens with zero attached hydrogens (tertiary/aromatic N) is 1. The average molecular weight is 277 g/mol. The molecule has 1 fully saturated rings.